The fourth-order valence-corrected chi connectivity index (χ4v) is 4.38. The van der Waals surface area contributed by atoms with Crippen molar-refractivity contribution in [2.75, 3.05) is 5.32 Å². The number of anilines is 1. The van der Waals surface area contributed by atoms with E-state index in [2.05, 4.69) is 31.3 Å². The monoisotopic (exact) mass is 379 g/mol. The summed E-state index contributed by atoms with van der Waals surface area (Å²) in [5.74, 6) is -1.61. The molecule has 28 heavy (non-hydrogen) atoms. The van der Waals surface area contributed by atoms with E-state index in [1.807, 2.05) is 18.2 Å². The molecule has 0 bridgehead atoms. The largest absolute Gasteiger partial charge is 0.481 e. The minimum atomic E-state index is -0.914. The summed E-state index contributed by atoms with van der Waals surface area (Å²) in [5, 5.41) is 22.3. The van der Waals surface area contributed by atoms with Gasteiger partial charge in [0.2, 0.25) is 0 Å². The lowest BCUT2D eigenvalue weighted by Gasteiger charge is -2.41. The second kappa shape index (κ2) is 6.36. The molecule has 3 N–H and O–H groups in total. The number of nitrogens with one attached hydrogen (secondary N) is 1. The van der Waals surface area contributed by atoms with Gasteiger partial charge < -0.3 is 15.5 Å². The zero-order chi connectivity index (χ0) is 20.1. The average Bonchev–Trinajstić information content (AvgIpc) is 3.41. The summed E-state index contributed by atoms with van der Waals surface area (Å²) in [6.07, 6.45) is 2.84. The Morgan fingerprint density at radius 2 is 1.86 bits per heavy atom. The molecule has 0 aromatic heterocycles. The fourth-order valence-electron chi connectivity index (χ4n) is 4.38. The van der Waals surface area contributed by atoms with Gasteiger partial charge in [0.05, 0.1) is 17.0 Å². The van der Waals surface area contributed by atoms with E-state index in [1.54, 1.807) is 12.1 Å². The summed E-state index contributed by atoms with van der Waals surface area (Å²) in [4.78, 5) is 22.8. The molecule has 2 aromatic carbocycles. The predicted molar refractivity (Wildman–Crippen MR) is 107 cm³/mol. The topological polar surface area (TPSA) is 86.6 Å². The Kier molecular flexibility index (Phi) is 4.21. The molecule has 0 amide bonds. The lowest BCUT2D eigenvalue weighted by molar-refractivity contribution is -0.143. The summed E-state index contributed by atoms with van der Waals surface area (Å²) in [7, 11) is 0. The van der Waals surface area contributed by atoms with Crippen LogP contribution in [0.5, 0.6) is 0 Å². The highest BCUT2D eigenvalue weighted by atomic mass is 16.4. The molecule has 1 fully saturated rings. The first-order valence-electron chi connectivity index (χ1n) is 9.65. The molecular formula is C23H25NO4. The zero-order valence-electron chi connectivity index (χ0n) is 16.2. The quantitative estimate of drug-likeness (QED) is 0.711. The van der Waals surface area contributed by atoms with Crippen LogP contribution in [0.1, 0.15) is 59.8 Å². The number of carboxylic acid groups (broad SMARTS) is 2. The van der Waals surface area contributed by atoms with Crippen LogP contribution >= 0.6 is 0 Å². The van der Waals surface area contributed by atoms with Gasteiger partial charge >= 0.3 is 11.9 Å². The van der Waals surface area contributed by atoms with E-state index in [9.17, 15) is 19.8 Å². The Morgan fingerprint density at radius 1 is 1.11 bits per heavy atom. The number of hydrogen-bond acceptors (Lipinski definition) is 3. The number of carboxylic acids is 2. The van der Waals surface area contributed by atoms with Crippen LogP contribution in [0.2, 0.25) is 0 Å². The Bertz CT molecular complexity index is 959. The minimum absolute atomic E-state index is 0.0654. The van der Waals surface area contributed by atoms with Crippen molar-refractivity contribution in [3.05, 3.63) is 64.7 Å². The van der Waals surface area contributed by atoms with Gasteiger partial charge in [-0.2, -0.15) is 0 Å². The maximum absolute atomic E-state index is 11.5. The normalized spacial score (nSPS) is 21.3. The van der Waals surface area contributed by atoms with Crippen LogP contribution in [-0.2, 0) is 17.6 Å². The highest BCUT2D eigenvalue weighted by molar-refractivity contribution is 5.88. The Hall–Kier alpha value is -2.82. The van der Waals surface area contributed by atoms with Gasteiger partial charge in [-0.05, 0) is 66.0 Å². The number of carbonyl (C=O) groups is 2. The van der Waals surface area contributed by atoms with Gasteiger partial charge in [0.1, 0.15) is 0 Å². The highest BCUT2D eigenvalue weighted by Crippen LogP contribution is 2.49. The van der Waals surface area contributed by atoms with Gasteiger partial charge in [-0.3, -0.25) is 4.79 Å². The van der Waals surface area contributed by atoms with Gasteiger partial charge in [-0.25, -0.2) is 4.79 Å². The number of aliphatic carboxylic acids is 1. The van der Waals surface area contributed by atoms with Gasteiger partial charge in [-0.1, -0.05) is 38.1 Å². The second-order valence-electron chi connectivity index (χ2n) is 8.93. The molecule has 0 spiro atoms. The number of rotatable bonds is 5. The van der Waals surface area contributed by atoms with E-state index in [4.69, 9.17) is 0 Å². The third-order valence-corrected chi connectivity index (χ3v) is 6.21. The van der Waals surface area contributed by atoms with Gasteiger partial charge in [0.15, 0.2) is 0 Å². The molecule has 5 nitrogen and oxygen atoms in total. The van der Waals surface area contributed by atoms with Crippen LogP contribution in [0, 0.1) is 10.8 Å². The van der Waals surface area contributed by atoms with E-state index in [0.29, 0.717) is 12.0 Å². The molecular weight excluding hydrogens is 354 g/mol. The molecule has 2 aromatic rings. The molecule has 1 atom stereocenters. The molecule has 1 unspecified atom stereocenters. The summed E-state index contributed by atoms with van der Waals surface area (Å²) in [5.41, 5.74) is 3.78. The molecule has 1 heterocycles. The van der Waals surface area contributed by atoms with Gasteiger partial charge in [-0.15, -0.1) is 0 Å². The van der Waals surface area contributed by atoms with Crippen LogP contribution < -0.4 is 5.32 Å². The first-order chi connectivity index (χ1) is 13.2. The summed E-state index contributed by atoms with van der Waals surface area (Å²) in [6, 6.07) is 13.5. The van der Waals surface area contributed by atoms with Crippen LogP contribution in [0.25, 0.3) is 0 Å². The van der Waals surface area contributed by atoms with Crippen molar-refractivity contribution in [2.45, 2.75) is 45.6 Å². The second-order valence-corrected chi connectivity index (χ2v) is 8.93. The van der Waals surface area contributed by atoms with E-state index in [0.717, 1.165) is 41.6 Å². The smallest absolute Gasteiger partial charge is 0.335 e. The van der Waals surface area contributed by atoms with Crippen LogP contribution in [0.4, 0.5) is 5.69 Å². The van der Waals surface area contributed by atoms with Crippen LogP contribution in [0.15, 0.2) is 42.5 Å². The third kappa shape index (κ3) is 3.26. The molecule has 146 valence electrons. The maximum atomic E-state index is 11.5. The molecule has 0 saturated heterocycles. The Labute approximate surface area is 164 Å². The Balaban J connectivity index is 1.63. The van der Waals surface area contributed by atoms with Crippen molar-refractivity contribution in [1.29, 1.82) is 0 Å². The highest BCUT2D eigenvalue weighted by Gasteiger charge is 2.50. The number of fused-ring (bicyclic) bond motifs is 1. The Morgan fingerprint density at radius 3 is 2.50 bits per heavy atom. The van der Waals surface area contributed by atoms with Crippen molar-refractivity contribution in [2.24, 2.45) is 10.8 Å². The van der Waals surface area contributed by atoms with Crippen LogP contribution in [-0.4, -0.2) is 22.2 Å². The number of aromatic carboxylic acids is 1. The first kappa shape index (κ1) is 18.5. The third-order valence-electron chi connectivity index (χ3n) is 6.21. The first-order valence-corrected chi connectivity index (χ1v) is 9.65. The van der Waals surface area contributed by atoms with Gasteiger partial charge in [0.25, 0.3) is 0 Å². The van der Waals surface area contributed by atoms with Crippen molar-refractivity contribution in [1.82, 2.24) is 0 Å². The van der Waals surface area contributed by atoms with Crippen molar-refractivity contribution >= 4 is 17.6 Å². The van der Waals surface area contributed by atoms with Crippen molar-refractivity contribution < 1.29 is 19.8 Å². The maximum Gasteiger partial charge on any atom is 0.335 e. The van der Waals surface area contributed by atoms with E-state index in [1.165, 1.54) is 0 Å². The van der Waals surface area contributed by atoms with Gasteiger partial charge in [0, 0.05) is 5.69 Å². The molecule has 1 aliphatic heterocycles. The van der Waals surface area contributed by atoms with Crippen molar-refractivity contribution in [3.8, 4) is 0 Å². The molecule has 4 rings (SSSR count). The molecule has 0 radical (unpaired) electrons. The number of hydrogen-bond donors (Lipinski definition) is 3. The predicted octanol–water partition coefficient (Wildman–Crippen LogP) is 4.53. The fraction of sp³-hybridized carbons (Fsp3) is 0.391. The summed E-state index contributed by atoms with van der Waals surface area (Å²) in [6.45, 7) is 4.35. The molecule has 1 saturated carbocycles. The molecule has 5 heteroatoms. The van der Waals surface area contributed by atoms with E-state index in [-0.39, 0.29) is 11.5 Å². The van der Waals surface area contributed by atoms with E-state index >= 15 is 0 Å². The molecule has 2 aliphatic rings. The lowest BCUT2D eigenvalue weighted by atomic mass is 9.72. The average molecular weight is 379 g/mol. The standard InChI is InChI=1S/C23H25NO4/c1-22(2)13-17-11-16(20(25)26)6-7-18(17)24-19(22)15-5-3-4-14(10-15)12-23(8-9-23)21(27)28/h3-7,10-11,19,24H,8-9,12-13H2,1-2H3,(H,25,26)(H,27,28). The molecule has 1 aliphatic carbocycles. The van der Waals surface area contributed by atoms with Crippen molar-refractivity contribution in [3.63, 3.8) is 0 Å². The minimum Gasteiger partial charge on any atom is -0.481 e. The summed E-state index contributed by atoms with van der Waals surface area (Å²) >= 11 is 0. The zero-order valence-corrected chi connectivity index (χ0v) is 16.2. The number of benzene rings is 2. The van der Waals surface area contributed by atoms with Crippen LogP contribution in [0.3, 0.4) is 0 Å². The summed E-state index contributed by atoms with van der Waals surface area (Å²) < 4.78 is 0. The SMILES string of the molecule is CC1(C)Cc2cc(C(=O)O)ccc2NC1c1cccc(CC2(C(=O)O)CC2)c1. The van der Waals surface area contributed by atoms with E-state index < -0.39 is 17.4 Å². The lowest BCUT2D eigenvalue weighted by Crippen LogP contribution is -2.35.